The van der Waals surface area contributed by atoms with E-state index in [1.165, 1.54) is 11.2 Å². The first kappa shape index (κ1) is 25.4. The van der Waals surface area contributed by atoms with Crippen LogP contribution in [0.5, 0.6) is 0 Å². The summed E-state index contributed by atoms with van der Waals surface area (Å²) in [6.45, 7) is 9.52. The largest absolute Gasteiger partial charge is 0.459 e. The molecule has 2 atom stereocenters. The van der Waals surface area contributed by atoms with E-state index in [0.29, 0.717) is 11.3 Å². The first-order chi connectivity index (χ1) is 18.0. The number of pyridine rings is 1. The van der Waals surface area contributed by atoms with Crippen LogP contribution in [0.15, 0.2) is 121 Å². The van der Waals surface area contributed by atoms with Gasteiger partial charge in [-0.25, -0.2) is 0 Å². The van der Waals surface area contributed by atoms with Crippen LogP contribution in [-0.2, 0) is 4.79 Å². The monoisotopic (exact) mass is 494 g/mol. The molecule has 3 aromatic rings. The normalized spacial score (nSPS) is 14.1. The van der Waals surface area contributed by atoms with Crippen molar-refractivity contribution < 1.29 is 14.0 Å². The number of benzene rings is 1. The number of hydrogen-bond acceptors (Lipinski definition) is 5. The number of anilines is 2. The van der Waals surface area contributed by atoms with Gasteiger partial charge in [0.05, 0.1) is 12.3 Å². The standard InChI is InChI=1S/C30H30N4O3/c1-4-33(5-2)25-15-17-26(18-16-25)34(30(36)27-14-10-20-37-27)28(24-13-9-19-31-21-24)29(35)32-22(3)23-11-7-6-8-12-23/h4-5,7,9-22,28H,1-2,6,8H2,3H3,(H,32,35)/t22-,28?/m0/s1. The molecular weight excluding hydrogens is 464 g/mol. The molecule has 2 aromatic heterocycles. The van der Waals surface area contributed by atoms with Crippen LogP contribution in [0.3, 0.4) is 0 Å². The molecule has 0 aliphatic heterocycles. The molecule has 1 aliphatic rings. The maximum atomic E-state index is 13.9. The van der Waals surface area contributed by atoms with Crippen LogP contribution in [0, 0.1) is 0 Å². The quantitative estimate of drug-likeness (QED) is 0.378. The van der Waals surface area contributed by atoms with Crippen LogP contribution in [0.1, 0.15) is 41.9 Å². The highest BCUT2D eigenvalue weighted by atomic mass is 16.3. The van der Waals surface area contributed by atoms with Crippen LogP contribution in [0.2, 0.25) is 0 Å². The average Bonchev–Trinajstić information content (AvgIpc) is 3.49. The summed E-state index contributed by atoms with van der Waals surface area (Å²) in [6.07, 6.45) is 16.1. The SMILES string of the molecule is C=CN(C=C)c1ccc(N(C(=O)c2ccco2)C(C(=O)N[C@@H](C)C2=CCCC=C2)c2cccnc2)cc1. The summed E-state index contributed by atoms with van der Waals surface area (Å²) < 4.78 is 5.45. The van der Waals surface area contributed by atoms with Crippen LogP contribution < -0.4 is 15.1 Å². The van der Waals surface area contributed by atoms with Gasteiger partial charge in [-0.15, -0.1) is 0 Å². The molecule has 188 valence electrons. The van der Waals surface area contributed by atoms with Crippen molar-refractivity contribution in [3.8, 4) is 0 Å². The molecule has 0 radical (unpaired) electrons. The highest BCUT2D eigenvalue weighted by molar-refractivity contribution is 6.08. The number of allylic oxidation sites excluding steroid dienone is 2. The summed E-state index contributed by atoms with van der Waals surface area (Å²) in [4.78, 5) is 35.1. The Morgan fingerprint density at radius 2 is 1.81 bits per heavy atom. The third-order valence-electron chi connectivity index (χ3n) is 6.16. The zero-order chi connectivity index (χ0) is 26.2. The van der Waals surface area contributed by atoms with E-state index < -0.39 is 11.9 Å². The minimum atomic E-state index is -0.998. The molecule has 1 aliphatic carbocycles. The Hall–Kier alpha value is -4.65. The van der Waals surface area contributed by atoms with Crippen molar-refractivity contribution in [3.05, 3.63) is 128 Å². The average molecular weight is 495 g/mol. The lowest BCUT2D eigenvalue weighted by Crippen LogP contribution is -2.46. The fourth-order valence-electron chi connectivity index (χ4n) is 4.26. The predicted octanol–water partition coefficient (Wildman–Crippen LogP) is 5.94. The van der Waals surface area contributed by atoms with Crippen molar-refractivity contribution in [2.75, 3.05) is 9.80 Å². The van der Waals surface area contributed by atoms with E-state index in [4.69, 9.17) is 4.42 Å². The fraction of sp³-hybridized carbons (Fsp3) is 0.167. The Kier molecular flexibility index (Phi) is 8.15. The predicted molar refractivity (Wildman–Crippen MR) is 146 cm³/mol. The minimum Gasteiger partial charge on any atom is -0.459 e. The maximum absolute atomic E-state index is 13.9. The Labute approximate surface area is 217 Å². The van der Waals surface area contributed by atoms with Gasteiger partial charge in [0.2, 0.25) is 5.91 Å². The minimum absolute atomic E-state index is 0.121. The highest BCUT2D eigenvalue weighted by Gasteiger charge is 2.35. The summed E-state index contributed by atoms with van der Waals surface area (Å²) in [7, 11) is 0. The van der Waals surface area contributed by atoms with Gasteiger partial charge in [-0.1, -0.05) is 37.5 Å². The number of furan rings is 1. The van der Waals surface area contributed by atoms with Gasteiger partial charge >= 0.3 is 0 Å². The van der Waals surface area contributed by atoms with E-state index in [2.05, 4.69) is 35.6 Å². The Balaban J connectivity index is 1.77. The van der Waals surface area contributed by atoms with Crippen molar-refractivity contribution in [2.45, 2.75) is 31.8 Å². The molecular formula is C30H30N4O3. The van der Waals surface area contributed by atoms with Crippen molar-refractivity contribution in [1.82, 2.24) is 10.3 Å². The molecule has 0 saturated carbocycles. The van der Waals surface area contributed by atoms with E-state index in [-0.39, 0.29) is 17.7 Å². The lowest BCUT2D eigenvalue weighted by Gasteiger charge is -2.32. The second-order valence-electron chi connectivity index (χ2n) is 8.54. The maximum Gasteiger partial charge on any atom is 0.294 e. The Morgan fingerprint density at radius 1 is 1.05 bits per heavy atom. The molecule has 1 N–H and O–H groups in total. The molecule has 1 aromatic carbocycles. The van der Waals surface area contributed by atoms with Gasteiger partial charge in [-0.3, -0.25) is 19.5 Å². The van der Waals surface area contributed by atoms with E-state index in [1.54, 1.807) is 66.1 Å². The second-order valence-corrected chi connectivity index (χ2v) is 8.54. The number of amides is 2. The van der Waals surface area contributed by atoms with Crippen LogP contribution in [0.25, 0.3) is 0 Å². The molecule has 4 rings (SSSR count). The molecule has 37 heavy (non-hydrogen) atoms. The zero-order valence-corrected chi connectivity index (χ0v) is 20.8. The highest BCUT2D eigenvalue weighted by Crippen LogP contribution is 2.32. The van der Waals surface area contributed by atoms with Gasteiger partial charge in [0.25, 0.3) is 5.91 Å². The molecule has 1 unspecified atom stereocenters. The van der Waals surface area contributed by atoms with E-state index in [0.717, 1.165) is 24.1 Å². The van der Waals surface area contributed by atoms with Crippen molar-refractivity contribution >= 4 is 23.2 Å². The van der Waals surface area contributed by atoms with E-state index >= 15 is 0 Å². The number of rotatable bonds is 10. The van der Waals surface area contributed by atoms with Gasteiger partial charge in [-0.2, -0.15) is 0 Å². The third kappa shape index (κ3) is 5.78. The Morgan fingerprint density at radius 3 is 2.41 bits per heavy atom. The Bertz CT molecular complexity index is 1290. The molecule has 7 nitrogen and oxygen atoms in total. The lowest BCUT2D eigenvalue weighted by atomic mass is 9.99. The molecule has 7 heteroatoms. The van der Waals surface area contributed by atoms with Gasteiger partial charge < -0.3 is 14.6 Å². The van der Waals surface area contributed by atoms with Gasteiger partial charge in [0.15, 0.2) is 5.76 Å². The van der Waals surface area contributed by atoms with Crippen LogP contribution in [0.4, 0.5) is 11.4 Å². The summed E-state index contributed by atoms with van der Waals surface area (Å²) in [5, 5.41) is 3.10. The van der Waals surface area contributed by atoms with Crippen molar-refractivity contribution in [3.63, 3.8) is 0 Å². The van der Waals surface area contributed by atoms with E-state index in [1.807, 2.05) is 25.1 Å². The van der Waals surface area contributed by atoms with Crippen LogP contribution in [-0.4, -0.2) is 22.8 Å². The molecule has 0 spiro atoms. The number of carbonyl (C=O) groups is 2. The molecule has 0 saturated heterocycles. The first-order valence-electron chi connectivity index (χ1n) is 12.1. The van der Waals surface area contributed by atoms with Gasteiger partial charge in [0.1, 0.15) is 6.04 Å². The summed E-state index contributed by atoms with van der Waals surface area (Å²) >= 11 is 0. The summed E-state index contributed by atoms with van der Waals surface area (Å²) in [6, 6.07) is 12.8. The van der Waals surface area contributed by atoms with E-state index in [9.17, 15) is 9.59 Å². The molecule has 0 bridgehead atoms. The number of aromatic nitrogens is 1. The van der Waals surface area contributed by atoms with Crippen molar-refractivity contribution in [1.29, 1.82) is 0 Å². The van der Waals surface area contributed by atoms with Crippen molar-refractivity contribution in [2.24, 2.45) is 0 Å². The smallest absolute Gasteiger partial charge is 0.294 e. The number of nitrogens with one attached hydrogen (secondary N) is 1. The van der Waals surface area contributed by atoms with Gasteiger partial charge in [0, 0.05) is 41.7 Å². The van der Waals surface area contributed by atoms with Crippen LogP contribution >= 0.6 is 0 Å². The summed E-state index contributed by atoms with van der Waals surface area (Å²) in [5.41, 5.74) is 2.94. The topological polar surface area (TPSA) is 78.7 Å². The third-order valence-corrected chi connectivity index (χ3v) is 6.16. The lowest BCUT2D eigenvalue weighted by molar-refractivity contribution is -0.122. The molecule has 2 heterocycles. The molecule has 0 fully saturated rings. The van der Waals surface area contributed by atoms with Gasteiger partial charge in [-0.05, 0) is 67.8 Å². The summed E-state index contributed by atoms with van der Waals surface area (Å²) in [5.74, 6) is -0.658. The number of nitrogens with zero attached hydrogens (tertiary/aromatic N) is 3. The second kappa shape index (κ2) is 11.9. The first-order valence-corrected chi connectivity index (χ1v) is 12.1. The number of hydrogen-bond donors (Lipinski definition) is 1. The number of carbonyl (C=O) groups excluding carboxylic acids is 2. The molecule has 2 amide bonds. The fourth-order valence-corrected chi connectivity index (χ4v) is 4.26. The zero-order valence-electron chi connectivity index (χ0n) is 20.8.